The van der Waals surface area contributed by atoms with E-state index in [0.717, 1.165) is 12.1 Å². The Morgan fingerprint density at radius 2 is 2.00 bits per heavy atom. The standard InChI is InChI=1S/C13H7BrClFN2O2S/c14-10-5-4-8(15)6-12(10)18-21(19,20)13-3-1-2-11(16)9(13)7-17/h1-6,18H. The van der Waals surface area contributed by atoms with Crippen LogP contribution in [0, 0.1) is 17.1 Å². The lowest BCUT2D eigenvalue weighted by atomic mass is 10.2. The largest absolute Gasteiger partial charge is 0.278 e. The second kappa shape index (κ2) is 6.02. The molecule has 0 spiro atoms. The Kier molecular flexibility index (Phi) is 4.52. The third kappa shape index (κ3) is 3.35. The number of anilines is 1. The van der Waals surface area contributed by atoms with Gasteiger partial charge in [0.2, 0.25) is 0 Å². The van der Waals surface area contributed by atoms with Crippen LogP contribution in [0.15, 0.2) is 45.8 Å². The number of nitrogens with zero attached hydrogens (tertiary/aromatic N) is 1. The van der Waals surface area contributed by atoms with Crippen molar-refractivity contribution in [2.45, 2.75) is 4.90 Å². The fraction of sp³-hybridized carbons (Fsp3) is 0. The predicted molar refractivity (Wildman–Crippen MR) is 81.1 cm³/mol. The van der Waals surface area contributed by atoms with E-state index in [1.165, 1.54) is 12.1 Å². The predicted octanol–water partition coefficient (Wildman–Crippen LogP) is 3.91. The summed E-state index contributed by atoms with van der Waals surface area (Å²) in [6.07, 6.45) is 0. The SMILES string of the molecule is N#Cc1c(F)cccc1S(=O)(=O)Nc1cc(Cl)ccc1Br. The van der Waals surface area contributed by atoms with Gasteiger partial charge in [-0.25, -0.2) is 12.8 Å². The number of benzene rings is 2. The zero-order valence-corrected chi connectivity index (χ0v) is 13.4. The third-order valence-corrected chi connectivity index (χ3v) is 4.88. The van der Waals surface area contributed by atoms with Crippen molar-refractivity contribution >= 4 is 43.2 Å². The highest BCUT2D eigenvalue weighted by Gasteiger charge is 2.22. The molecular weight excluding hydrogens is 383 g/mol. The van der Waals surface area contributed by atoms with Gasteiger partial charge in [-0.2, -0.15) is 5.26 Å². The van der Waals surface area contributed by atoms with Crippen LogP contribution < -0.4 is 4.72 Å². The van der Waals surface area contributed by atoms with Crippen LogP contribution in [0.4, 0.5) is 10.1 Å². The second-order valence-corrected chi connectivity index (χ2v) is 6.90. The molecular formula is C13H7BrClFN2O2S. The average molecular weight is 390 g/mol. The van der Waals surface area contributed by atoms with Crippen LogP contribution in [0.5, 0.6) is 0 Å². The van der Waals surface area contributed by atoms with Gasteiger partial charge in [-0.3, -0.25) is 4.72 Å². The van der Waals surface area contributed by atoms with E-state index in [-0.39, 0.29) is 5.69 Å². The number of hydrogen-bond acceptors (Lipinski definition) is 3. The van der Waals surface area contributed by atoms with E-state index in [4.69, 9.17) is 16.9 Å². The molecule has 21 heavy (non-hydrogen) atoms. The molecule has 0 saturated carbocycles. The Labute approximate surface area is 134 Å². The number of hydrogen-bond donors (Lipinski definition) is 1. The van der Waals surface area contributed by atoms with E-state index in [2.05, 4.69) is 20.7 Å². The maximum absolute atomic E-state index is 13.5. The van der Waals surface area contributed by atoms with Crippen molar-refractivity contribution in [1.82, 2.24) is 0 Å². The molecule has 108 valence electrons. The van der Waals surface area contributed by atoms with E-state index < -0.39 is 26.3 Å². The normalized spacial score (nSPS) is 11.0. The second-order valence-electron chi connectivity index (χ2n) is 3.95. The molecule has 0 saturated heterocycles. The molecule has 0 bridgehead atoms. The van der Waals surface area contributed by atoms with Gasteiger partial charge in [-0.05, 0) is 46.3 Å². The van der Waals surface area contributed by atoms with Crippen LogP contribution >= 0.6 is 27.5 Å². The summed E-state index contributed by atoms with van der Waals surface area (Å²) in [4.78, 5) is -0.433. The van der Waals surface area contributed by atoms with Crippen molar-refractivity contribution in [1.29, 1.82) is 5.26 Å². The number of sulfonamides is 1. The molecule has 0 radical (unpaired) electrons. The first-order valence-electron chi connectivity index (χ1n) is 5.51. The van der Waals surface area contributed by atoms with Crippen LogP contribution in [0.25, 0.3) is 0 Å². The van der Waals surface area contributed by atoms with Gasteiger partial charge in [-0.15, -0.1) is 0 Å². The fourth-order valence-corrected chi connectivity index (χ4v) is 3.50. The van der Waals surface area contributed by atoms with Gasteiger partial charge in [0, 0.05) is 9.50 Å². The minimum Gasteiger partial charge on any atom is -0.278 e. The summed E-state index contributed by atoms with van der Waals surface area (Å²) in [5.74, 6) is -0.898. The first-order valence-corrected chi connectivity index (χ1v) is 8.17. The molecule has 0 aliphatic heterocycles. The number of nitriles is 1. The van der Waals surface area contributed by atoms with Gasteiger partial charge in [0.05, 0.1) is 5.69 Å². The molecule has 0 unspecified atom stereocenters. The molecule has 2 aromatic carbocycles. The minimum absolute atomic E-state index is 0.190. The van der Waals surface area contributed by atoms with Crippen LogP contribution in [-0.2, 0) is 10.0 Å². The van der Waals surface area contributed by atoms with E-state index in [9.17, 15) is 12.8 Å². The molecule has 0 aromatic heterocycles. The molecule has 0 fully saturated rings. The van der Waals surface area contributed by atoms with Crippen molar-refractivity contribution in [3.05, 3.63) is 57.3 Å². The highest BCUT2D eigenvalue weighted by Crippen LogP contribution is 2.29. The Morgan fingerprint density at radius 3 is 2.67 bits per heavy atom. The summed E-state index contributed by atoms with van der Waals surface area (Å²) < 4.78 is 40.9. The van der Waals surface area contributed by atoms with Gasteiger partial charge >= 0.3 is 0 Å². The van der Waals surface area contributed by atoms with Gasteiger partial charge in [-0.1, -0.05) is 17.7 Å². The third-order valence-electron chi connectivity index (χ3n) is 2.55. The van der Waals surface area contributed by atoms with Gasteiger partial charge in [0.25, 0.3) is 10.0 Å². The number of nitrogens with one attached hydrogen (secondary N) is 1. The monoisotopic (exact) mass is 388 g/mol. The zero-order chi connectivity index (χ0) is 15.6. The quantitative estimate of drug-likeness (QED) is 0.865. The van der Waals surface area contributed by atoms with Crippen molar-refractivity contribution in [2.24, 2.45) is 0 Å². The zero-order valence-electron chi connectivity index (χ0n) is 10.3. The Balaban J connectivity index is 2.52. The molecule has 0 amide bonds. The van der Waals surface area contributed by atoms with Gasteiger partial charge < -0.3 is 0 Å². The highest BCUT2D eigenvalue weighted by atomic mass is 79.9. The summed E-state index contributed by atoms with van der Waals surface area (Å²) in [6, 6.07) is 9.49. The average Bonchev–Trinajstić information content (AvgIpc) is 2.42. The lowest BCUT2D eigenvalue weighted by Gasteiger charge is -2.11. The van der Waals surface area contributed by atoms with E-state index in [0.29, 0.717) is 9.50 Å². The molecule has 0 aliphatic carbocycles. The Morgan fingerprint density at radius 1 is 1.29 bits per heavy atom. The molecule has 8 heteroatoms. The first kappa shape index (κ1) is 15.8. The minimum atomic E-state index is -4.12. The lowest BCUT2D eigenvalue weighted by molar-refractivity contribution is 0.593. The van der Waals surface area contributed by atoms with Gasteiger partial charge in [0.15, 0.2) is 0 Å². The molecule has 0 atom stereocenters. The summed E-state index contributed by atoms with van der Waals surface area (Å²) in [5, 5.41) is 9.24. The molecule has 1 N–H and O–H groups in total. The van der Waals surface area contributed by atoms with Crippen molar-refractivity contribution in [3.63, 3.8) is 0 Å². The molecule has 2 aromatic rings. The van der Waals surface area contributed by atoms with Crippen molar-refractivity contribution in [2.75, 3.05) is 4.72 Å². The summed E-state index contributed by atoms with van der Waals surface area (Å²) >= 11 is 8.99. The van der Waals surface area contributed by atoms with E-state index in [1.807, 2.05) is 0 Å². The summed E-state index contributed by atoms with van der Waals surface area (Å²) in [5.41, 5.74) is -0.348. The van der Waals surface area contributed by atoms with Crippen molar-refractivity contribution < 1.29 is 12.8 Å². The van der Waals surface area contributed by atoms with E-state index in [1.54, 1.807) is 18.2 Å². The smallest absolute Gasteiger partial charge is 0.263 e. The number of halogens is 3. The molecule has 2 rings (SSSR count). The topological polar surface area (TPSA) is 70.0 Å². The molecule has 0 heterocycles. The maximum atomic E-state index is 13.5. The van der Waals surface area contributed by atoms with Crippen LogP contribution in [0.3, 0.4) is 0 Å². The molecule has 4 nitrogen and oxygen atoms in total. The van der Waals surface area contributed by atoms with Crippen LogP contribution in [-0.4, -0.2) is 8.42 Å². The maximum Gasteiger partial charge on any atom is 0.263 e. The summed E-state index contributed by atoms with van der Waals surface area (Å²) in [7, 11) is -4.12. The summed E-state index contributed by atoms with van der Waals surface area (Å²) in [6.45, 7) is 0. The Hall–Kier alpha value is -1.62. The Bertz CT molecular complexity index is 850. The van der Waals surface area contributed by atoms with Crippen molar-refractivity contribution in [3.8, 4) is 6.07 Å². The molecule has 0 aliphatic rings. The van der Waals surface area contributed by atoms with Crippen LogP contribution in [0.1, 0.15) is 5.56 Å². The van der Waals surface area contributed by atoms with E-state index >= 15 is 0 Å². The fourth-order valence-electron chi connectivity index (χ4n) is 1.61. The highest BCUT2D eigenvalue weighted by molar-refractivity contribution is 9.10. The van der Waals surface area contributed by atoms with Gasteiger partial charge in [0.1, 0.15) is 22.3 Å². The number of rotatable bonds is 3. The first-order chi connectivity index (χ1) is 9.85. The van der Waals surface area contributed by atoms with Crippen LogP contribution in [0.2, 0.25) is 5.02 Å². The lowest BCUT2D eigenvalue weighted by Crippen LogP contribution is -2.15.